The van der Waals surface area contributed by atoms with Crippen molar-refractivity contribution in [3.8, 4) is 5.75 Å². The molecule has 41 heavy (non-hydrogen) atoms. The highest BCUT2D eigenvalue weighted by Crippen LogP contribution is 2.29. The van der Waals surface area contributed by atoms with Crippen LogP contribution in [-0.2, 0) is 18.9 Å². The van der Waals surface area contributed by atoms with Crippen LogP contribution in [0.3, 0.4) is 0 Å². The number of pyridine rings is 1. The molecule has 1 aromatic rings. The Morgan fingerprint density at radius 2 is 1.49 bits per heavy atom. The van der Waals surface area contributed by atoms with Crippen LogP contribution >= 0.6 is 0 Å². The predicted molar refractivity (Wildman–Crippen MR) is 159 cm³/mol. The lowest BCUT2D eigenvalue weighted by Gasteiger charge is -2.45. The van der Waals surface area contributed by atoms with Crippen LogP contribution in [0.25, 0.3) is 0 Å². The number of aromatic nitrogens is 1. The summed E-state index contributed by atoms with van der Waals surface area (Å²) in [6, 6.07) is 3.53. The van der Waals surface area contributed by atoms with Crippen molar-refractivity contribution in [2.75, 3.05) is 70.7 Å². The second-order valence-electron chi connectivity index (χ2n) is 13.3. The smallest absolute Gasteiger partial charge is 0.304 e. The molecule has 0 amide bonds. The van der Waals surface area contributed by atoms with E-state index in [2.05, 4.69) is 42.5 Å². The van der Waals surface area contributed by atoms with Gasteiger partial charge in [0.1, 0.15) is 18.2 Å². The molecule has 8 nitrogen and oxygen atoms in total. The standard InChI is InChI=1S/C31H55F2N3O5/c1-25(2)38-20-18-37-19-21-40-30(8,9)13-12-29(6,7)36-16-14-35(15-17-36)27-11-10-26(22-34-27)39-23-31(32,33)24-41-28(3,4)5/h10-11,22,25H,12-21,23-24H2,1-9H3. The van der Waals surface area contributed by atoms with Crippen LogP contribution in [0.1, 0.15) is 75.2 Å². The maximum Gasteiger partial charge on any atom is 0.304 e. The molecule has 0 bridgehead atoms. The van der Waals surface area contributed by atoms with Crippen LogP contribution in [0.15, 0.2) is 18.3 Å². The molecule has 1 fully saturated rings. The second kappa shape index (κ2) is 15.8. The molecule has 0 aromatic carbocycles. The Morgan fingerprint density at radius 3 is 2.07 bits per heavy atom. The topological polar surface area (TPSA) is 65.5 Å². The van der Waals surface area contributed by atoms with E-state index in [-0.39, 0.29) is 17.2 Å². The van der Waals surface area contributed by atoms with Gasteiger partial charge >= 0.3 is 5.92 Å². The van der Waals surface area contributed by atoms with Crippen molar-refractivity contribution in [1.82, 2.24) is 9.88 Å². The van der Waals surface area contributed by atoms with Crippen LogP contribution in [-0.4, -0.2) is 104 Å². The van der Waals surface area contributed by atoms with Crippen LogP contribution in [0, 0.1) is 0 Å². The molecule has 0 saturated carbocycles. The summed E-state index contributed by atoms with van der Waals surface area (Å²) in [5, 5.41) is 0. The van der Waals surface area contributed by atoms with Gasteiger partial charge < -0.3 is 28.6 Å². The summed E-state index contributed by atoms with van der Waals surface area (Å²) in [7, 11) is 0. The molecule has 0 spiro atoms. The SMILES string of the molecule is CC(C)OCCOCCOC(C)(C)CCC(C)(C)N1CCN(c2ccc(OCC(F)(F)COC(C)(C)C)cn2)CC1. The Morgan fingerprint density at radius 1 is 0.829 bits per heavy atom. The van der Waals surface area contributed by atoms with Gasteiger partial charge in [-0.2, -0.15) is 0 Å². The van der Waals surface area contributed by atoms with E-state index >= 15 is 0 Å². The molecule has 2 heterocycles. The molecule has 1 saturated heterocycles. The van der Waals surface area contributed by atoms with E-state index in [1.165, 1.54) is 6.20 Å². The van der Waals surface area contributed by atoms with Crippen LogP contribution in [0.4, 0.5) is 14.6 Å². The predicted octanol–water partition coefficient (Wildman–Crippen LogP) is 5.83. The number of hydrogen-bond donors (Lipinski definition) is 0. The Balaban J connectivity index is 1.72. The normalized spacial score (nSPS) is 16.0. The van der Waals surface area contributed by atoms with Crippen molar-refractivity contribution in [3.05, 3.63) is 18.3 Å². The number of halogens is 2. The van der Waals surface area contributed by atoms with Crippen LogP contribution < -0.4 is 9.64 Å². The summed E-state index contributed by atoms with van der Waals surface area (Å²) in [6.07, 6.45) is 3.69. The van der Waals surface area contributed by atoms with E-state index in [4.69, 9.17) is 23.7 Å². The molecular weight excluding hydrogens is 532 g/mol. The van der Waals surface area contributed by atoms with E-state index in [9.17, 15) is 8.78 Å². The van der Waals surface area contributed by atoms with Gasteiger partial charge in [-0.1, -0.05) is 0 Å². The van der Waals surface area contributed by atoms with Gasteiger partial charge in [-0.15, -0.1) is 0 Å². The molecule has 0 atom stereocenters. The van der Waals surface area contributed by atoms with E-state index in [0.29, 0.717) is 32.2 Å². The number of anilines is 1. The minimum Gasteiger partial charge on any atom is -0.486 e. The van der Waals surface area contributed by atoms with Crippen molar-refractivity contribution in [1.29, 1.82) is 0 Å². The zero-order valence-electron chi connectivity index (χ0n) is 26.9. The molecule has 0 N–H and O–H groups in total. The Bertz CT molecular complexity index is 867. The summed E-state index contributed by atoms with van der Waals surface area (Å²) < 4.78 is 55.9. The maximum absolute atomic E-state index is 14.1. The first kappa shape index (κ1) is 35.6. The Kier molecular flexibility index (Phi) is 13.7. The fraction of sp³-hybridized carbons (Fsp3) is 0.839. The lowest BCUT2D eigenvalue weighted by atomic mass is 9.89. The van der Waals surface area contributed by atoms with E-state index in [0.717, 1.165) is 44.8 Å². The lowest BCUT2D eigenvalue weighted by Crippen LogP contribution is -2.55. The third kappa shape index (κ3) is 14.4. The van der Waals surface area contributed by atoms with Crippen molar-refractivity contribution < 1.29 is 32.5 Å². The highest BCUT2D eigenvalue weighted by atomic mass is 19.3. The monoisotopic (exact) mass is 587 g/mol. The van der Waals surface area contributed by atoms with Gasteiger partial charge in [0.2, 0.25) is 0 Å². The summed E-state index contributed by atoms with van der Waals surface area (Å²) in [6.45, 7) is 22.6. The maximum atomic E-state index is 14.1. The summed E-state index contributed by atoms with van der Waals surface area (Å²) >= 11 is 0. The largest absolute Gasteiger partial charge is 0.486 e. The minimum atomic E-state index is -3.08. The summed E-state index contributed by atoms with van der Waals surface area (Å²) in [5.41, 5.74) is -0.825. The van der Waals surface area contributed by atoms with E-state index < -0.39 is 24.7 Å². The molecule has 1 aliphatic rings. The molecule has 0 aliphatic carbocycles. The first-order valence-corrected chi connectivity index (χ1v) is 14.9. The number of ether oxygens (including phenoxy) is 5. The van der Waals surface area contributed by atoms with Gasteiger partial charge in [0.25, 0.3) is 0 Å². The summed E-state index contributed by atoms with van der Waals surface area (Å²) in [4.78, 5) is 9.22. The van der Waals surface area contributed by atoms with E-state index in [1.807, 2.05) is 19.9 Å². The molecule has 10 heteroatoms. The highest BCUT2D eigenvalue weighted by Gasteiger charge is 2.34. The average Bonchev–Trinajstić information content (AvgIpc) is 2.89. The zero-order chi connectivity index (χ0) is 30.7. The highest BCUT2D eigenvalue weighted by molar-refractivity contribution is 5.41. The Hall–Kier alpha value is -1.59. The fourth-order valence-corrected chi connectivity index (χ4v) is 4.40. The molecular formula is C31H55F2N3O5. The van der Waals surface area contributed by atoms with E-state index in [1.54, 1.807) is 26.8 Å². The van der Waals surface area contributed by atoms with Gasteiger partial charge in [0, 0.05) is 31.7 Å². The lowest BCUT2D eigenvalue weighted by molar-refractivity contribution is -0.137. The minimum absolute atomic E-state index is 0.0322. The third-order valence-corrected chi connectivity index (χ3v) is 7.09. The molecule has 0 unspecified atom stereocenters. The quantitative estimate of drug-likeness (QED) is 0.199. The first-order chi connectivity index (χ1) is 19.0. The molecule has 2 rings (SSSR count). The molecule has 1 aliphatic heterocycles. The molecule has 238 valence electrons. The Labute approximate surface area is 247 Å². The fourth-order valence-electron chi connectivity index (χ4n) is 4.40. The number of hydrogen-bond acceptors (Lipinski definition) is 8. The van der Waals surface area contributed by atoms with Gasteiger partial charge in [-0.05, 0) is 87.3 Å². The average molecular weight is 588 g/mol. The van der Waals surface area contributed by atoms with Gasteiger partial charge in [0.15, 0.2) is 6.61 Å². The van der Waals surface area contributed by atoms with Gasteiger partial charge in [0.05, 0.1) is 49.9 Å². The summed E-state index contributed by atoms with van der Waals surface area (Å²) in [5.74, 6) is -1.93. The van der Waals surface area contributed by atoms with Crippen LogP contribution in [0.2, 0.25) is 0 Å². The number of piperazine rings is 1. The first-order valence-electron chi connectivity index (χ1n) is 14.9. The van der Waals surface area contributed by atoms with Crippen LogP contribution in [0.5, 0.6) is 5.75 Å². The van der Waals surface area contributed by atoms with Crippen molar-refractivity contribution >= 4 is 5.82 Å². The molecule has 1 aromatic heterocycles. The zero-order valence-corrected chi connectivity index (χ0v) is 26.9. The third-order valence-electron chi connectivity index (χ3n) is 7.09. The number of nitrogens with zero attached hydrogens (tertiary/aromatic N) is 3. The van der Waals surface area contributed by atoms with Crippen molar-refractivity contribution in [3.63, 3.8) is 0 Å². The number of rotatable bonds is 18. The van der Waals surface area contributed by atoms with Gasteiger partial charge in [-0.3, -0.25) is 4.90 Å². The van der Waals surface area contributed by atoms with Crippen molar-refractivity contribution in [2.24, 2.45) is 0 Å². The number of alkyl halides is 2. The van der Waals surface area contributed by atoms with Gasteiger partial charge in [-0.25, -0.2) is 13.8 Å². The molecule has 0 radical (unpaired) electrons. The second-order valence-corrected chi connectivity index (χ2v) is 13.3. The van der Waals surface area contributed by atoms with Crippen molar-refractivity contribution in [2.45, 2.75) is 104 Å².